The smallest absolute Gasteiger partial charge is 0.238 e. The Labute approximate surface area is 129 Å². The van der Waals surface area contributed by atoms with Gasteiger partial charge in [0, 0.05) is 17.5 Å². The first-order valence-electron chi connectivity index (χ1n) is 7.18. The minimum absolute atomic E-state index is 0.127. The maximum atomic E-state index is 12.0. The molecule has 2 N–H and O–H groups in total. The quantitative estimate of drug-likeness (QED) is 0.875. The molecule has 0 unspecified atom stereocenters. The molecule has 0 radical (unpaired) electrons. The van der Waals surface area contributed by atoms with E-state index in [0.717, 1.165) is 29.9 Å². The van der Waals surface area contributed by atoms with Gasteiger partial charge >= 0.3 is 0 Å². The fourth-order valence-electron chi connectivity index (χ4n) is 2.40. The maximum Gasteiger partial charge on any atom is 0.238 e. The molecule has 1 amide bonds. The lowest BCUT2D eigenvalue weighted by molar-refractivity contribution is -0.115. The van der Waals surface area contributed by atoms with E-state index in [0.29, 0.717) is 10.6 Å². The van der Waals surface area contributed by atoms with E-state index in [4.69, 9.17) is 10.00 Å². The lowest BCUT2D eigenvalue weighted by atomic mass is 10.1. The maximum absolute atomic E-state index is 12.0. The predicted molar refractivity (Wildman–Crippen MR) is 83.6 cm³/mol. The third-order valence-electron chi connectivity index (χ3n) is 3.86. The van der Waals surface area contributed by atoms with Crippen LogP contribution in [0.25, 0.3) is 0 Å². The van der Waals surface area contributed by atoms with E-state index in [1.165, 1.54) is 11.3 Å². The van der Waals surface area contributed by atoms with E-state index in [2.05, 4.69) is 16.7 Å². The molecule has 0 aliphatic carbocycles. The summed E-state index contributed by atoms with van der Waals surface area (Å²) in [5, 5.41) is 15.8. The van der Waals surface area contributed by atoms with Gasteiger partial charge in [0.2, 0.25) is 5.91 Å². The number of nitrogens with one attached hydrogen (secondary N) is 2. The zero-order valence-electron chi connectivity index (χ0n) is 12.7. The Balaban J connectivity index is 1.87. The number of hydrogen-bond donors (Lipinski definition) is 2. The van der Waals surface area contributed by atoms with Crippen molar-refractivity contribution in [3.8, 4) is 6.07 Å². The number of aryl methyl sites for hydroxylation is 1. The Bertz CT molecular complexity index is 556. The summed E-state index contributed by atoms with van der Waals surface area (Å²) < 4.78 is 5.59. The average Bonchev–Trinajstić information content (AvgIpc) is 3.06. The van der Waals surface area contributed by atoms with Gasteiger partial charge in [-0.15, -0.1) is 11.3 Å². The molecule has 1 saturated heterocycles. The molecule has 2 rings (SSSR count). The predicted octanol–water partition coefficient (Wildman–Crippen LogP) is 2.33. The molecule has 21 heavy (non-hydrogen) atoms. The first-order valence-corrected chi connectivity index (χ1v) is 7.99. The zero-order chi connectivity index (χ0) is 15.4. The van der Waals surface area contributed by atoms with Gasteiger partial charge in [-0.25, -0.2) is 0 Å². The van der Waals surface area contributed by atoms with E-state index in [1.807, 2.05) is 20.8 Å². The fraction of sp³-hybridized carbons (Fsp3) is 0.600. The number of thiophene rings is 1. The molecule has 1 aliphatic heterocycles. The van der Waals surface area contributed by atoms with E-state index >= 15 is 0 Å². The van der Waals surface area contributed by atoms with Gasteiger partial charge in [-0.3, -0.25) is 4.79 Å². The summed E-state index contributed by atoms with van der Waals surface area (Å²) in [5.74, 6) is -0.127. The molecule has 1 aromatic heterocycles. The van der Waals surface area contributed by atoms with Crippen LogP contribution in [0.1, 0.15) is 35.8 Å². The number of anilines is 1. The molecule has 5 nitrogen and oxygen atoms in total. The lowest BCUT2D eigenvalue weighted by Crippen LogP contribution is -2.41. The molecule has 2 atom stereocenters. The zero-order valence-corrected chi connectivity index (χ0v) is 13.5. The van der Waals surface area contributed by atoms with Gasteiger partial charge in [0.15, 0.2) is 0 Å². The van der Waals surface area contributed by atoms with Gasteiger partial charge in [0.1, 0.15) is 11.1 Å². The third kappa shape index (κ3) is 3.82. The van der Waals surface area contributed by atoms with Crippen LogP contribution in [0.15, 0.2) is 0 Å². The highest BCUT2D eigenvalue weighted by molar-refractivity contribution is 7.16. The Morgan fingerprint density at radius 1 is 1.57 bits per heavy atom. The van der Waals surface area contributed by atoms with Gasteiger partial charge in [-0.05, 0) is 39.2 Å². The molecule has 6 heteroatoms. The van der Waals surface area contributed by atoms with Crippen LogP contribution < -0.4 is 10.6 Å². The second-order valence-electron chi connectivity index (χ2n) is 5.37. The Morgan fingerprint density at radius 3 is 2.95 bits per heavy atom. The number of nitrogens with zero attached hydrogens (tertiary/aromatic N) is 1. The third-order valence-corrected chi connectivity index (χ3v) is 4.98. The van der Waals surface area contributed by atoms with E-state index < -0.39 is 0 Å². The standard InChI is InChI=1S/C15H21N3O2S/c1-9-11(3)21-15(12(9)7-16)18-14(19)8-17-10(2)13-5-4-6-20-13/h10,13,17H,4-6,8H2,1-3H3,(H,18,19)/t10-,13-/m1/s1. The van der Waals surface area contributed by atoms with Crippen molar-refractivity contribution in [3.63, 3.8) is 0 Å². The number of nitriles is 1. The number of carbonyl (C=O) groups excluding carboxylic acids is 1. The van der Waals surface area contributed by atoms with Gasteiger partial charge in [-0.2, -0.15) is 5.26 Å². The summed E-state index contributed by atoms with van der Waals surface area (Å²) in [4.78, 5) is 13.1. The highest BCUT2D eigenvalue weighted by Gasteiger charge is 2.22. The second-order valence-corrected chi connectivity index (χ2v) is 6.59. The summed E-state index contributed by atoms with van der Waals surface area (Å²) >= 11 is 1.45. The molecule has 1 aliphatic rings. The van der Waals surface area contributed by atoms with Crippen molar-refractivity contribution in [2.75, 3.05) is 18.5 Å². The molecule has 1 fully saturated rings. The molecule has 0 bridgehead atoms. The van der Waals surface area contributed by atoms with Crippen molar-refractivity contribution in [2.24, 2.45) is 0 Å². The lowest BCUT2D eigenvalue weighted by Gasteiger charge is -2.19. The van der Waals surface area contributed by atoms with Crippen LogP contribution in [0, 0.1) is 25.2 Å². The minimum Gasteiger partial charge on any atom is -0.377 e. The van der Waals surface area contributed by atoms with Crippen LogP contribution in [-0.4, -0.2) is 31.2 Å². The molecule has 0 spiro atoms. The molecule has 0 saturated carbocycles. The summed E-state index contributed by atoms with van der Waals surface area (Å²) in [6.45, 7) is 6.92. The van der Waals surface area contributed by atoms with Crippen LogP contribution in [-0.2, 0) is 9.53 Å². The van der Waals surface area contributed by atoms with Crippen LogP contribution >= 0.6 is 11.3 Å². The van der Waals surface area contributed by atoms with Gasteiger partial charge in [0.05, 0.1) is 18.2 Å². The Kier molecular flexibility index (Phi) is 5.34. The fourth-order valence-corrected chi connectivity index (χ4v) is 3.43. The molecular formula is C15H21N3O2S. The van der Waals surface area contributed by atoms with Gasteiger partial charge in [-0.1, -0.05) is 0 Å². The van der Waals surface area contributed by atoms with Crippen LogP contribution in [0.3, 0.4) is 0 Å². The van der Waals surface area contributed by atoms with Crippen molar-refractivity contribution < 1.29 is 9.53 Å². The highest BCUT2D eigenvalue weighted by atomic mass is 32.1. The topological polar surface area (TPSA) is 74.2 Å². The summed E-state index contributed by atoms with van der Waals surface area (Å²) in [5.41, 5.74) is 1.51. The van der Waals surface area contributed by atoms with Gasteiger partial charge < -0.3 is 15.4 Å². The number of carbonyl (C=O) groups is 1. The molecule has 2 heterocycles. The number of hydrogen-bond acceptors (Lipinski definition) is 5. The SMILES string of the molecule is Cc1sc(NC(=O)CN[C@H](C)[C@H]2CCCO2)c(C#N)c1C. The van der Waals surface area contributed by atoms with Crippen LogP contribution in [0.5, 0.6) is 0 Å². The van der Waals surface area contributed by atoms with Crippen molar-refractivity contribution in [1.82, 2.24) is 5.32 Å². The minimum atomic E-state index is -0.127. The monoisotopic (exact) mass is 307 g/mol. The van der Waals surface area contributed by atoms with Crippen molar-refractivity contribution in [2.45, 2.75) is 45.8 Å². The highest BCUT2D eigenvalue weighted by Crippen LogP contribution is 2.31. The number of ether oxygens (including phenoxy) is 1. The molecular weight excluding hydrogens is 286 g/mol. The van der Waals surface area contributed by atoms with Crippen molar-refractivity contribution >= 4 is 22.2 Å². The molecule has 0 aromatic carbocycles. The average molecular weight is 307 g/mol. The largest absolute Gasteiger partial charge is 0.377 e. The Morgan fingerprint density at radius 2 is 2.33 bits per heavy atom. The van der Waals surface area contributed by atoms with Crippen molar-refractivity contribution in [3.05, 3.63) is 16.0 Å². The first kappa shape index (κ1) is 16.0. The van der Waals surface area contributed by atoms with E-state index in [-0.39, 0.29) is 24.6 Å². The van der Waals surface area contributed by atoms with E-state index in [1.54, 1.807) is 0 Å². The Hall–Kier alpha value is -1.42. The van der Waals surface area contributed by atoms with Crippen molar-refractivity contribution in [1.29, 1.82) is 5.26 Å². The molecule has 1 aromatic rings. The summed E-state index contributed by atoms with van der Waals surface area (Å²) in [6.07, 6.45) is 2.32. The normalized spacial score (nSPS) is 19.2. The van der Waals surface area contributed by atoms with E-state index in [9.17, 15) is 4.79 Å². The van der Waals surface area contributed by atoms with Gasteiger partial charge in [0.25, 0.3) is 0 Å². The van der Waals surface area contributed by atoms with Crippen LogP contribution in [0.2, 0.25) is 0 Å². The number of rotatable bonds is 5. The first-order chi connectivity index (χ1) is 10.0. The molecule has 114 valence electrons. The number of amides is 1. The summed E-state index contributed by atoms with van der Waals surface area (Å²) in [7, 11) is 0. The van der Waals surface area contributed by atoms with Crippen LogP contribution in [0.4, 0.5) is 5.00 Å². The second kappa shape index (κ2) is 7.03. The summed E-state index contributed by atoms with van der Waals surface area (Å²) in [6, 6.07) is 2.31.